The molecular weight excluding hydrogens is 322 g/mol. The SMILES string of the molecule is CC1CCC(Nc2cnn(CCO)c(=O)c2Br)C(C)C1. The van der Waals surface area contributed by atoms with Crippen molar-refractivity contribution < 1.29 is 5.11 Å². The minimum absolute atomic E-state index is 0.0936. The van der Waals surface area contributed by atoms with Gasteiger partial charge < -0.3 is 10.4 Å². The van der Waals surface area contributed by atoms with Crippen LogP contribution in [0.5, 0.6) is 0 Å². The summed E-state index contributed by atoms with van der Waals surface area (Å²) in [4.78, 5) is 12.1. The molecule has 3 atom stereocenters. The second-order valence-electron chi connectivity index (χ2n) is 5.77. The highest BCUT2D eigenvalue weighted by atomic mass is 79.9. The van der Waals surface area contributed by atoms with Gasteiger partial charge in [-0.3, -0.25) is 4.79 Å². The molecule has 6 heteroatoms. The van der Waals surface area contributed by atoms with E-state index in [1.54, 1.807) is 6.20 Å². The predicted octanol–water partition coefficient (Wildman–Crippen LogP) is 2.23. The zero-order chi connectivity index (χ0) is 14.7. The van der Waals surface area contributed by atoms with Crippen molar-refractivity contribution in [2.75, 3.05) is 11.9 Å². The lowest BCUT2D eigenvalue weighted by Crippen LogP contribution is -2.34. The van der Waals surface area contributed by atoms with E-state index in [0.29, 0.717) is 16.4 Å². The van der Waals surface area contributed by atoms with E-state index in [1.165, 1.54) is 17.5 Å². The maximum absolute atomic E-state index is 12.1. The normalized spacial score (nSPS) is 26.5. The van der Waals surface area contributed by atoms with Crippen molar-refractivity contribution in [3.63, 3.8) is 0 Å². The van der Waals surface area contributed by atoms with Gasteiger partial charge in [0.15, 0.2) is 0 Å². The molecule has 1 fully saturated rings. The standard InChI is InChI=1S/C14H22BrN3O2/c1-9-3-4-11(10(2)7-9)17-12-8-16-18(5-6-19)14(20)13(12)15/h8-11,17,19H,3-7H2,1-2H3. The number of aliphatic hydroxyl groups excluding tert-OH is 1. The Morgan fingerprint density at radius 2 is 2.25 bits per heavy atom. The number of aliphatic hydroxyl groups is 1. The lowest BCUT2D eigenvalue weighted by molar-refractivity contribution is 0.265. The van der Waals surface area contributed by atoms with Crippen LogP contribution in [0.4, 0.5) is 5.69 Å². The fourth-order valence-electron chi connectivity index (χ4n) is 2.90. The van der Waals surface area contributed by atoms with Gasteiger partial charge >= 0.3 is 0 Å². The Labute approximate surface area is 127 Å². The first-order valence-electron chi connectivity index (χ1n) is 7.16. The molecular formula is C14H22BrN3O2. The van der Waals surface area contributed by atoms with Crippen LogP contribution >= 0.6 is 15.9 Å². The third kappa shape index (κ3) is 3.41. The van der Waals surface area contributed by atoms with E-state index in [0.717, 1.165) is 18.0 Å². The maximum atomic E-state index is 12.1. The predicted molar refractivity (Wildman–Crippen MR) is 82.9 cm³/mol. The summed E-state index contributed by atoms with van der Waals surface area (Å²) < 4.78 is 1.76. The fourth-order valence-corrected chi connectivity index (χ4v) is 3.32. The van der Waals surface area contributed by atoms with E-state index < -0.39 is 0 Å². The summed E-state index contributed by atoms with van der Waals surface area (Å²) in [5.41, 5.74) is 0.538. The van der Waals surface area contributed by atoms with Gasteiger partial charge in [-0.05, 0) is 47.0 Å². The first-order valence-corrected chi connectivity index (χ1v) is 7.95. The number of nitrogens with one attached hydrogen (secondary N) is 1. The fraction of sp³-hybridized carbons (Fsp3) is 0.714. The van der Waals surface area contributed by atoms with Gasteiger partial charge in [0.1, 0.15) is 4.47 Å². The van der Waals surface area contributed by atoms with E-state index >= 15 is 0 Å². The topological polar surface area (TPSA) is 67.2 Å². The summed E-state index contributed by atoms with van der Waals surface area (Å²) >= 11 is 3.34. The first kappa shape index (κ1) is 15.5. The number of aromatic nitrogens is 2. The van der Waals surface area contributed by atoms with Gasteiger partial charge in [0, 0.05) is 6.04 Å². The van der Waals surface area contributed by atoms with E-state index in [4.69, 9.17) is 5.11 Å². The number of nitrogens with zero attached hydrogens (tertiary/aromatic N) is 2. The Morgan fingerprint density at radius 3 is 2.90 bits per heavy atom. The monoisotopic (exact) mass is 343 g/mol. The van der Waals surface area contributed by atoms with Crippen molar-refractivity contribution in [1.29, 1.82) is 0 Å². The molecule has 0 spiro atoms. The smallest absolute Gasteiger partial charge is 0.283 e. The molecule has 3 unspecified atom stereocenters. The molecule has 0 aliphatic heterocycles. The summed E-state index contributed by atoms with van der Waals surface area (Å²) in [6.07, 6.45) is 5.21. The van der Waals surface area contributed by atoms with Gasteiger partial charge in [0.05, 0.1) is 25.0 Å². The van der Waals surface area contributed by atoms with E-state index in [2.05, 4.69) is 40.2 Å². The molecule has 2 rings (SSSR count). The van der Waals surface area contributed by atoms with Crippen LogP contribution in [0.1, 0.15) is 33.1 Å². The lowest BCUT2D eigenvalue weighted by Gasteiger charge is -2.33. The van der Waals surface area contributed by atoms with Crippen molar-refractivity contribution in [3.05, 3.63) is 21.0 Å². The molecule has 0 aromatic carbocycles. The van der Waals surface area contributed by atoms with E-state index in [-0.39, 0.29) is 18.7 Å². The van der Waals surface area contributed by atoms with Crippen LogP contribution in [0.25, 0.3) is 0 Å². The summed E-state index contributed by atoms with van der Waals surface area (Å²) in [5, 5.41) is 16.4. The van der Waals surface area contributed by atoms with E-state index in [9.17, 15) is 4.79 Å². The minimum Gasteiger partial charge on any atom is -0.394 e. The Balaban J connectivity index is 2.14. The van der Waals surface area contributed by atoms with Crippen LogP contribution in [0, 0.1) is 11.8 Å². The van der Waals surface area contributed by atoms with Crippen molar-refractivity contribution in [2.24, 2.45) is 11.8 Å². The third-order valence-electron chi connectivity index (χ3n) is 4.07. The molecule has 1 aliphatic carbocycles. The maximum Gasteiger partial charge on any atom is 0.283 e. The largest absolute Gasteiger partial charge is 0.394 e. The average Bonchev–Trinajstić information content (AvgIpc) is 2.41. The highest BCUT2D eigenvalue weighted by Gasteiger charge is 2.26. The number of hydrogen-bond donors (Lipinski definition) is 2. The van der Waals surface area contributed by atoms with E-state index in [1.807, 2.05) is 0 Å². The van der Waals surface area contributed by atoms with Gasteiger partial charge in [-0.15, -0.1) is 0 Å². The van der Waals surface area contributed by atoms with Crippen LogP contribution in [-0.2, 0) is 6.54 Å². The molecule has 0 radical (unpaired) electrons. The van der Waals surface area contributed by atoms with Gasteiger partial charge in [0.25, 0.3) is 5.56 Å². The summed E-state index contributed by atoms with van der Waals surface area (Å²) in [6.45, 7) is 4.67. The number of anilines is 1. The van der Waals surface area contributed by atoms with Crippen LogP contribution in [-0.4, -0.2) is 27.5 Å². The first-order chi connectivity index (χ1) is 9.52. The van der Waals surface area contributed by atoms with Gasteiger partial charge in [-0.2, -0.15) is 5.10 Å². The lowest BCUT2D eigenvalue weighted by atomic mass is 9.80. The summed E-state index contributed by atoms with van der Waals surface area (Å²) in [5.74, 6) is 1.37. The average molecular weight is 344 g/mol. The van der Waals surface area contributed by atoms with Crippen molar-refractivity contribution >= 4 is 21.6 Å². The molecule has 112 valence electrons. The van der Waals surface area contributed by atoms with Crippen molar-refractivity contribution in [2.45, 2.75) is 45.7 Å². The molecule has 1 heterocycles. The van der Waals surface area contributed by atoms with Gasteiger partial charge in [0.2, 0.25) is 0 Å². The van der Waals surface area contributed by atoms with Crippen LogP contribution in [0.15, 0.2) is 15.5 Å². The minimum atomic E-state index is -0.208. The summed E-state index contributed by atoms with van der Waals surface area (Å²) in [6, 6.07) is 0.386. The molecule has 2 N–H and O–H groups in total. The molecule has 1 aromatic heterocycles. The molecule has 20 heavy (non-hydrogen) atoms. The third-order valence-corrected chi connectivity index (χ3v) is 4.84. The van der Waals surface area contributed by atoms with Crippen LogP contribution < -0.4 is 10.9 Å². The van der Waals surface area contributed by atoms with Crippen LogP contribution in [0.3, 0.4) is 0 Å². The Hall–Kier alpha value is -0.880. The highest BCUT2D eigenvalue weighted by molar-refractivity contribution is 9.10. The van der Waals surface area contributed by atoms with Crippen molar-refractivity contribution in [1.82, 2.24) is 9.78 Å². The van der Waals surface area contributed by atoms with Crippen molar-refractivity contribution in [3.8, 4) is 0 Å². The molecule has 1 aliphatic rings. The molecule has 1 saturated carbocycles. The quantitative estimate of drug-likeness (QED) is 0.879. The second kappa shape index (κ2) is 6.72. The highest BCUT2D eigenvalue weighted by Crippen LogP contribution is 2.31. The zero-order valence-corrected chi connectivity index (χ0v) is 13.6. The Morgan fingerprint density at radius 1 is 1.50 bits per heavy atom. The number of halogens is 1. The van der Waals surface area contributed by atoms with Gasteiger partial charge in [-0.1, -0.05) is 13.8 Å². The molecule has 0 amide bonds. The molecule has 5 nitrogen and oxygen atoms in total. The number of rotatable bonds is 4. The molecule has 0 bridgehead atoms. The Bertz CT molecular complexity index is 518. The Kier molecular flexibility index (Phi) is 5.21. The van der Waals surface area contributed by atoms with Gasteiger partial charge in [-0.25, -0.2) is 4.68 Å². The number of hydrogen-bond acceptors (Lipinski definition) is 4. The zero-order valence-electron chi connectivity index (χ0n) is 12.0. The second-order valence-corrected chi connectivity index (χ2v) is 6.56. The molecule has 0 saturated heterocycles. The molecule has 1 aromatic rings. The summed E-state index contributed by atoms with van der Waals surface area (Å²) in [7, 11) is 0. The van der Waals surface area contributed by atoms with Crippen LogP contribution in [0.2, 0.25) is 0 Å².